The third-order valence-corrected chi connectivity index (χ3v) is 2.72. The molecule has 0 aliphatic carbocycles. The summed E-state index contributed by atoms with van der Waals surface area (Å²) in [6.07, 6.45) is 0. The number of nitrogens with two attached hydrogens (primary N) is 1. The molecule has 2 rings (SSSR count). The van der Waals surface area contributed by atoms with Gasteiger partial charge in [0.05, 0.1) is 12.3 Å². The number of benzene rings is 1. The molecule has 0 fully saturated rings. The number of anilines is 1. The number of ether oxygens (including phenoxy) is 1. The van der Waals surface area contributed by atoms with E-state index in [-0.39, 0.29) is 11.6 Å². The number of nitrogen functional groups attached to an aromatic ring is 1. The van der Waals surface area contributed by atoms with Gasteiger partial charge in [0.1, 0.15) is 0 Å². The van der Waals surface area contributed by atoms with Crippen molar-refractivity contribution in [3.63, 3.8) is 0 Å². The van der Waals surface area contributed by atoms with Crippen LogP contribution in [0.2, 0.25) is 0 Å². The first-order valence-corrected chi connectivity index (χ1v) is 5.72. The van der Waals surface area contributed by atoms with Crippen molar-refractivity contribution < 1.29 is 9.13 Å². The predicted octanol–water partition coefficient (Wildman–Crippen LogP) is 2.93. The molecule has 0 radical (unpaired) electrons. The molecule has 0 spiro atoms. The molecule has 2 aromatic rings. The summed E-state index contributed by atoms with van der Waals surface area (Å²) in [5.74, 6) is -0.125. The summed E-state index contributed by atoms with van der Waals surface area (Å²) in [7, 11) is 0. The molecule has 1 aromatic heterocycles. The molecule has 0 aliphatic heterocycles. The van der Waals surface area contributed by atoms with Crippen LogP contribution in [0.4, 0.5) is 9.52 Å². The lowest BCUT2D eigenvalue weighted by Crippen LogP contribution is -1.94. The molecule has 84 valence electrons. The summed E-state index contributed by atoms with van der Waals surface area (Å²) in [5.41, 5.74) is 6.91. The zero-order valence-corrected chi connectivity index (χ0v) is 9.55. The normalized spacial score (nSPS) is 10.4. The first-order valence-electron chi connectivity index (χ1n) is 4.84. The Bertz CT molecular complexity index is 498. The first kappa shape index (κ1) is 10.9. The zero-order chi connectivity index (χ0) is 11.5. The van der Waals surface area contributed by atoms with Gasteiger partial charge in [-0.05, 0) is 25.1 Å². The molecule has 0 unspecified atom stereocenters. The van der Waals surface area contributed by atoms with Gasteiger partial charge in [0.25, 0.3) is 0 Å². The SMILES string of the molecule is CCOc1ccc(-c2csc(N)n2)cc1F. The van der Waals surface area contributed by atoms with E-state index in [1.807, 2.05) is 6.92 Å². The van der Waals surface area contributed by atoms with E-state index in [0.29, 0.717) is 23.0 Å². The number of hydrogen-bond acceptors (Lipinski definition) is 4. The van der Waals surface area contributed by atoms with Crippen molar-refractivity contribution in [2.75, 3.05) is 12.3 Å². The number of nitrogens with zero attached hydrogens (tertiary/aromatic N) is 1. The van der Waals surface area contributed by atoms with Crippen LogP contribution in [0.3, 0.4) is 0 Å². The van der Waals surface area contributed by atoms with Crippen LogP contribution in [0.15, 0.2) is 23.6 Å². The van der Waals surface area contributed by atoms with E-state index >= 15 is 0 Å². The Hall–Kier alpha value is -1.62. The fraction of sp³-hybridized carbons (Fsp3) is 0.182. The minimum absolute atomic E-state index is 0.259. The van der Waals surface area contributed by atoms with Crippen molar-refractivity contribution >= 4 is 16.5 Å². The van der Waals surface area contributed by atoms with Crippen molar-refractivity contribution in [3.8, 4) is 17.0 Å². The Morgan fingerprint density at radius 3 is 2.88 bits per heavy atom. The van der Waals surface area contributed by atoms with Gasteiger partial charge in [0, 0.05) is 10.9 Å². The largest absolute Gasteiger partial charge is 0.491 e. The number of aromatic nitrogens is 1. The minimum atomic E-state index is -0.383. The summed E-state index contributed by atoms with van der Waals surface area (Å²) >= 11 is 1.33. The zero-order valence-electron chi connectivity index (χ0n) is 8.74. The molecule has 2 N–H and O–H groups in total. The second kappa shape index (κ2) is 4.49. The Morgan fingerprint density at radius 1 is 1.50 bits per heavy atom. The summed E-state index contributed by atoms with van der Waals surface area (Å²) in [5, 5.41) is 2.27. The van der Waals surface area contributed by atoms with Crippen molar-refractivity contribution in [1.29, 1.82) is 0 Å². The fourth-order valence-electron chi connectivity index (χ4n) is 1.35. The van der Waals surface area contributed by atoms with E-state index < -0.39 is 0 Å². The molecule has 0 saturated heterocycles. The highest BCUT2D eigenvalue weighted by molar-refractivity contribution is 7.13. The number of hydrogen-bond donors (Lipinski definition) is 1. The highest BCUT2D eigenvalue weighted by atomic mass is 32.1. The third kappa shape index (κ3) is 2.14. The summed E-state index contributed by atoms with van der Waals surface area (Å²) in [6, 6.07) is 4.77. The van der Waals surface area contributed by atoms with E-state index in [4.69, 9.17) is 10.5 Å². The Labute approximate surface area is 96.7 Å². The van der Waals surface area contributed by atoms with Crippen LogP contribution in [0, 0.1) is 5.82 Å². The molecule has 16 heavy (non-hydrogen) atoms. The molecule has 5 heteroatoms. The average molecular weight is 238 g/mol. The van der Waals surface area contributed by atoms with E-state index in [2.05, 4.69) is 4.98 Å². The first-order chi connectivity index (χ1) is 7.70. The van der Waals surface area contributed by atoms with Crippen molar-refractivity contribution in [2.45, 2.75) is 6.92 Å². The minimum Gasteiger partial charge on any atom is -0.491 e. The number of rotatable bonds is 3. The lowest BCUT2D eigenvalue weighted by atomic mass is 10.1. The van der Waals surface area contributed by atoms with Crippen LogP contribution in [-0.4, -0.2) is 11.6 Å². The average Bonchev–Trinajstić information content (AvgIpc) is 2.68. The van der Waals surface area contributed by atoms with E-state index in [1.165, 1.54) is 17.4 Å². The highest BCUT2D eigenvalue weighted by Gasteiger charge is 2.07. The maximum absolute atomic E-state index is 13.5. The van der Waals surface area contributed by atoms with Gasteiger partial charge in [0.15, 0.2) is 16.7 Å². The molecule has 0 aliphatic rings. The fourth-order valence-corrected chi connectivity index (χ4v) is 1.93. The Kier molecular flexibility index (Phi) is 3.05. The summed E-state index contributed by atoms with van der Waals surface area (Å²) in [6.45, 7) is 2.26. The molecule has 0 bridgehead atoms. The molecular weight excluding hydrogens is 227 g/mol. The summed E-state index contributed by atoms with van der Waals surface area (Å²) in [4.78, 5) is 4.09. The van der Waals surface area contributed by atoms with E-state index in [0.717, 1.165) is 0 Å². The topological polar surface area (TPSA) is 48.1 Å². The van der Waals surface area contributed by atoms with Gasteiger partial charge in [-0.3, -0.25) is 0 Å². The Balaban J connectivity index is 2.34. The molecule has 1 heterocycles. The smallest absolute Gasteiger partial charge is 0.180 e. The van der Waals surface area contributed by atoms with E-state index in [1.54, 1.807) is 17.5 Å². The van der Waals surface area contributed by atoms with Crippen LogP contribution in [0.25, 0.3) is 11.3 Å². The molecule has 0 atom stereocenters. The van der Waals surface area contributed by atoms with Gasteiger partial charge in [-0.15, -0.1) is 11.3 Å². The van der Waals surface area contributed by atoms with Gasteiger partial charge in [0.2, 0.25) is 0 Å². The van der Waals surface area contributed by atoms with Crippen LogP contribution in [0.1, 0.15) is 6.92 Å². The maximum Gasteiger partial charge on any atom is 0.180 e. The van der Waals surface area contributed by atoms with Gasteiger partial charge in [-0.25, -0.2) is 9.37 Å². The molecule has 0 saturated carbocycles. The Morgan fingerprint density at radius 2 is 2.31 bits per heavy atom. The second-order valence-corrected chi connectivity index (χ2v) is 4.04. The van der Waals surface area contributed by atoms with Crippen molar-refractivity contribution in [3.05, 3.63) is 29.4 Å². The van der Waals surface area contributed by atoms with Crippen LogP contribution < -0.4 is 10.5 Å². The van der Waals surface area contributed by atoms with Crippen LogP contribution in [-0.2, 0) is 0 Å². The second-order valence-electron chi connectivity index (χ2n) is 3.15. The molecule has 1 aromatic carbocycles. The maximum atomic E-state index is 13.5. The van der Waals surface area contributed by atoms with Gasteiger partial charge >= 0.3 is 0 Å². The molecule has 0 amide bonds. The lowest BCUT2D eigenvalue weighted by molar-refractivity contribution is 0.321. The van der Waals surface area contributed by atoms with Crippen molar-refractivity contribution in [2.24, 2.45) is 0 Å². The van der Waals surface area contributed by atoms with Crippen molar-refractivity contribution in [1.82, 2.24) is 4.98 Å². The monoisotopic (exact) mass is 238 g/mol. The van der Waals surface area contributed by atoms with Gasteiger partial charge in [-0.2, -0.15) is 0 Å². The van der Waals surface area contributed by atoms with Crippen LogP contribution in [0.5, 0.6) is 5.75 Å². The van der Waals surface area contributed by atoms with Crippen LogP contribution >= 0.6 is 11.3 Å². The van der Waals surface area contributed by atoms with Gasteiger partial charge < -0.3 is 10.5 Å². The van der Waals surface area contributed by atoms with Gasteiger partial charge in [-0.1, -0.05) is 0 Å². The highest BCUT2D eigenvalue weighted by Crippen LogP contribution is 2.27. The molecule has 3 nitrogen and oxygen atoms in total. The number of halogens is 1. The lowest BCUT2D eigenvalue weighted by Gasteiger charge is -2.05. The number of thiazole rings is 1. The summed E-state index contributed by atoms with van der Waals surface area (Å²) < 4.78 is 18.7. The third-order valence-electron chi connectivity index (χ3n) is 2.05. The molecular formula is C11H11FN2OS. The quantitative estimate of drug-likeness (QED) is 0.894. The van der Waals surface area contributed by atoms with E-state index in [9.17, 15) is 4.39 Å². The standard InChI is InChI=1S/C11H11FN2OS/c1-2-15-10-4-3-7(5-8(10)12)9-6-16-11(13)14-9/h3-6H,2H2,1H3,(H2,13,14). The predicted molar refractivity (Wildman–Crippen MR) is 63.1 cm³/mol.